The van der Waals surface area contributed by atoms with E-state index in [1.807, 2.05) is 60.7 Å². The predicted octanol–water partition coefficient (Wildman–Crippen LogP) is 5.70. The highest BCUT2D eigenvalue weighted by Crippen LogP contribution is 2.51. The van der Waals surface area contributed by atoms with Crippen LogP contribution in [0.4, 0.5) is 0 Å². The van der Waals surface area contributed by atoms with Gasteiger partial charge in [0, 0.05) is 34.7 Å². The molecular weight excluding hydrogens is 348 g/mol. The Bertz CT molecular complexity index is 1080. The molecule has 0 amide bonds. The summed E-state index contributed by atoms with van der Waals surface area (Å²) in [5.74, 6) is 3.11. The van der Waals surface area contributed by atoms with Gasteiger partial charge in [-0.1, -0.05) is 36.4 Å². The number of benzene rings is 2. The minimum atomic E-state index is 0.741. The van der Waals surface area contributed by atoms with E-state index in [4.69, 9.17) is 9.47 Å². The van der Waals surface area contributed by atoms with Crippen LogP contribution in [-0.2, 0) is 0 Å². The summed E-state index contributed by atoms with van der Waals surface area (Å²) >= 11 is 0. The molecule has 132 valence electrons. The summed E-state index contributed by atoms with van der Waals surface area (Å²) in [6.07, 6.45) is 3.59. The summed E-state index contributed by atoms with van der Waals surface area (Å²) < 4.78 is 12.3. The van der Waals surface area contributed by atoms with Gasteiger partial charge in [-0.25, -0.2) is 0 Å². The zero-order valence-corrected chi connectivity index (χ0v) is 14.8. The van der Waals surface area contributed by atoms with Crippen LogP contribution in [0.2, 0.25) is 0 Å². The van der Waals surface area contributed by atoms with Crippen molar-refractivity contribution in [2.45, 2.75) is 0 Å². The highest BCUT2D eigenvalue weighted by molar-refractivity contribution is 6.08. The van der Waals surface area contributed by atoms with Crippen molar-refractivity contribution in [3.63, 3.8) is 0 Å². The lowest BCUT2D eigenvalue weighted by atomic mass is 9.86. The van der Waals surface area contributed by atoms with Crippen LogP contribution in [0.15, 0.2) is 85.2 Å². The smallest absolute Gasteiger partial charge is 0.153 e. The van der Waals surface area contributed by atoms with Gasteiger partial charge in [0.2, 0.25) is 0 Å². The maximum Gasteiger partial charge on any atom is 0.153 e. The second-order valence-corrected chi connectivity index (χ2v) is 6.65. The van der Waals surface area contributed by atoms with E-state index in [0.717, 1.165) is 56.7 Å². The minimum Gasteiger partial charge on any atom is -0.454 e. The average molecular weight is 362 g/mol. The normalized spacial score (nSPS) is 16.0. The molecule has 2 aromatic heterocycles. The molecule has 2 aromatic carbocycles. The molecular formula is C24H14N2O2. The third kappa shape index (κ3) is 2.12. The molecule has 0 atom stereocenters. The predicted molar refractivity (Wildman–Crippen MR) is 107 cm³/mol. The highest BCUT2D eigenvalue weighted by Gasteiger charge is 2.32. The maximum atomic E-state index is 6.13. The molecule has 6 rings (SSSR count). The number of hydrogen-bond acceptors (Lipinski definition) is 4. The average Bonchev–Trinajstić information content (AvgIpc) is 2.76. The number of pyridine rings is 2. The molecule has 4 nitrogen and oxygen atoms in total. The van der Waals surface area contributed by atoms with Crippen molar-refractivity contribution < 1.29 is 9.47 Å². The van der Waals surface area contributed by atoms with Gasteiger partial charge in [0.1, 0.15) is 22.9 Å². The van der Waals surface area contributed by atoms with E-state index >= 15 is 0 Å². The summed E-state index contributed by atoms with van der Waals surface area (Å²) in [4.78, 5) is 9.34. The van der Waals surface area contributed by atoms with Crippen LogP contribution < -0.4 is 9.47 Å². The molecule has 0 spiro atoms. The molecule has 28 heavy (non-hydrogen) atoms. The third-order valence-corrected chi connectivity index (χ3v) is 5.02. The van der Waals surface area contributed by atoms with Crippen LogP contribution in [0.25, 0.3) is 11.1 Å². The molecule has 0 radical (unpaired) electrons. The largest absolute Gasteiger partial charge is 0.454 e. The van der Waals surface area contributed by atoms with Gasteiger partial charge in [-0.05, 0) is 36.4 Å². The number of para-hydroxylation sites is 2. The van der Waals surface area contributed by atoms with E-state index in [1.54, 1.807) is 12.4 Å². The van der Waals surface area contributed by atoms with Gasteiger partial charge in [0.25, 0.3) is 0 Å². The van der Waals surface area contributed by atoms with Crippen LogP contribution in [0.3, 0.4) is 0 Å². The molecule has 0 unspecified atom stereocenters. The number of ether oxygens (including phenoxy) is 2. The van der Waals surface area contributed by atoms with Crippen LogP contribution in [0.1, 0.15) is 22.5 Å². The van der Waals surface area contributed by atoms with E-state index < -0.39 is 0 Å². The van der Waals surface area contributed by atoms with E-state index in [9.17, 15) is 0 Å². The second kappa shape index (κ2) is 5.79. The van der Waals surface area contributed by atoms with Gasteiger partial charge in [0.15, 0.2) is 11.5 Å². The lowest BCUT2D eigenvalue weighted by Crippen LogP contribution is -2.11. The summed E-state index contributed by atoms with van der Waals surface area (Å²) in [5.41, 5.74) is 5.63. The monoisotopic (exact) mass is 362 g/mol. The molecule has 0 fully saturated rings. The Labute approximate surface area is 161 Å². The zero-order chi connectivity index (χ0) is 18.5. The Morgan fingerprint density at radius 1 is 0.464 bits per heavy atom. The van der Waals surface area contributed by atoms with Gasteiger partial charge < -0.3 is 9.47 Å². The lowest BCUT2D eigenvalue weighted by Gasteiger charge is -2.28. The fourth-order valence-corrected chi connectivity index (χ4v) is 3.84. The number of nitrogens with zero attached hydrogens (tertiary/aromatic N) is 2. The van der Waals surface area contributed by atoms with Crippen molar-refractivity contribution in [3.8, 4) is 23.0 Å². The van der Waals surface area contributed by atoms with Gasteiger partial charge in [-0.3, -0.25) is 9.97 Å². The zero-order valence-electron chi connectivity index (χ0n) is 14.8. The van der Waals surface area contributed by atoms with Crippen molar-refractivity contribution in [1.82, 2.24) is 9.97 Å². The Balaban J connectivity index is 1.80. The van der Waals surface area contributed by atoms with Gasteiger partial charge in [-0.2, -0.15) is 0 Å². The number of fused-ring (bicyclic) bond motifs is 4. The van der Waals surface area contributed by atoms with Crippen LogP contribution >= 0.6 is 0 Å². The molecule has 2 aliphatic rings. The molecule has 4 aromatic rings. The number of hydrogen-bond donors (Lipinski definition) is 0. The molecule has 0 bridgehead atoms. The second-order valence-electron chi connectivity index (χ2n) is 6.65. The van der Waals surface area contributed by atoms with Gasteiger partial charge in [-0.15, -0.1) is 0 Å². The fraction of sp³-hybridized carbons (Fsp3) is 0. The Morgan fingerprint density at radius 3 is 1.39 bits per heavy atom. The first-order chi connectivity index (χ1) is 13.9. The number of rotatable bonds is 0. The third-order valence-electron chi connectivity index (χ3n) is 5.02. The topological polar surface area (TPSA) is 44.2 Å². The summed E-state index contributed by atoms with van der Waals surface area (Å²) in [6.45, 7) is 0. The molecule has 0 aliphatic carbocycles. The highest BCUT2D eigenvalue weighted by atomic mass is 16.5. The molecule has 0 saturated carbocycles. The maximum absolute atomic E-state index is 6.13. The quantitative estimate of drug-likeness (QED) is 0.348. The molecule has 0 N–H and O–H groups in total. The van der Waals surface area contributed by atoms with Crippen molar-refractivity contribution in [2.75, 3.05) is 0 Å². The summed E-state index contributed by atoms with van der Waals surface area (Å²) in [7, 11) is 0. The molecule has 0 saturated heterocycles. The van der Waals surface area contributed by atoms with Crippen molar-refractivity contribution in [1.29, 1.82) is 0 Å². The fourth-order valence-electron chi connectivity index (χ4n) is 3.84. The standard InChI is InChI=1S/C24H14N2O2/c1-3-9-17-15(7-1)21(23-19(27-17)11-5-13-25-23)22-16-8-2-4-10-18(16)28-20-12-6-14-26-24(20)22/h1-14H. The van der Waals surface area contributed by atoms with Crippen molar-refractivity contribution >= 4 is 11.1 Å². The van der Waals surface area contributed by atoms with Gasteiger partial charge in [0.05, 0.1) is 0 Å². The Kier molecular flexibility index (Phi) is 3.14. The molecule has 4 heterocycles. The van der Waals surface area contributed by atoms with Crippen molar-refractivity contribution in [3.05, 3.63) is 108 Å². The first-order valence-electron chi connectivity index (χ1n) is 9.10. The minimum absolute atomic E-state index is 0.741. The molecule has 2 aliphatic heterocycles. The van der Waals surface area contributed by atoms with Crippen LogP contribution in [0.5, 0.6) is 23.0 Å². The first-order valence-corrected chi connectivity index (χ1v) is 9.10. The molecule has 4 heteroatoms. The van der Waals surface area contributed by atoms with Gasteiger partial charge >= 0.3 is 0 Å². The lowest BCUT2D eigenvalue weighted by molar-refractivity contribution is 0.468. The Hall–Kier alpha value is -3.92. The SMILES string of the molecule is c1ccc2c(c1)Oc1cccnc1C2=C1c2ccccc2Oc2cccnc21. The van der Waals surface area contributed by atoms with E-state index in [-0.39, 0.29) is 0 Å². The van der Waals surface area contributed by atoms with E-state index in [1.165, 1.54) is 0 Å². The summed E-state index contributed by atoms with van der Waals surface area (Å²) in [5, 5.41) is 0. The van der Waals surface area contributed by atoms with E-state index in [0.29, 0.717) is 0 Å². The summed E-state index contributed by atoms with van der Waals surface area (Å²) in [6, 6.07) is 23.8. The van der Waals surface area contributed by atoms with Crippen molar-refractivity contribution in [2.24, 2.45) is 0 Å². The Morgan fingerprint density at radius 2 is 0.893 bits per heavy atom. The number of aromatic nitrogens is 2. The van der Waals surface area contributed by atoms with Crippen LogP contribution in [0, 0.1) is 0 Å². The first kappa shape index (κ1) is 15.2. The van der Waals surface area contributed by atoms with E-state index in [2.05, 4.69) is 22.1 Å². The van der Waals surface area contributed by atoms with Crippen LogP contribution in [-0.4, -0.2) is 9.97 Å².